The molecule has 23 heavy (non-hydrogen) atoms. The minimum atomic E-state index is 0.793. The van der Waals surface area contributed by atoms with Crippen molar-refractivity contribution in [3.8, 4) is 11.8 Å². The number of aliphatic imine (C=N–C) groups is 1. The number of rotatable bonds is 2. The van der Waals surface area contributed by atoms with Crippen molar-refractivity contribution in [2.45, 2.75) is 6.16 Å². The number of isothiocyanates is 1. The number of benzene rings is 3. The highest BCUT2D eigenvalue weighted by atomic mass is 32.1. The molecule has 0 aliphatic carbocycles. The molecule has 0 N–H and O–H groups in total. The summed E-state index contributed by atoms with van der Waals surface area (Å²) >= 11 is 4.59. The number of nitrogens with zero attached hydrogens (tertiary/aromatic N) is 1. The second kappa shape index (κ2) is 7.32. The molecule has 0 aliphatic heterocycles. The van der Waals surface area contributed by atoms with Crippen LogP contribution in [0.1, 0.15) is 16.7 Å². The highest BCUT2D eigenvalue weighted by molar-refractivity contribution is 7.78. The average Bonchev–Trinajstić information content (AvgIpc) is 2.61. The van der Waals surface area contributed by atoms with Crippen molar-refractivity contribution in [2.24, 2.45) is 4.99 Å². The molecule has 0 heterocycles. The summed E-state index contributed by atoms with van der Waals surface area (Å²) in [5.74, 6) is 6.39. The van der Waals surface area contributed by atoms with E-state index in [1.54, 1.807) is 0 Å². The number of fused-ring (bicyclic) bond motifs is 1. The van der Waals surface area contributed by atoms with Gasteiger partial charge in [-0.1, -0.05) is 36.1 Å². The molecule has 0 fully saturated rings. The summed E-state index contributed by atoms with van der Waals surface area (Å²) < 4.78 is 0. The zero-order valence-corrected chi connectivity index (χ0v) is 14.4. The Morgan fingerprint density at radius 1 is 0.826 bits per heavy atom. The number of hydrogen-bond donors (Lipinski definition) is 0. The van der Waals surface area contributed by atoms with Crippen LogP contribution in [0.15, 0.2) is 65.7 Å². The predicted octanol–water partition coefficient (Wildman–Crippen LogP) is 5.35. The molecule has 1 atom stereocenters. The molecular formula is C20H14NPS. The lowest BCUT2D eigenvalue weighted by Gasteiger charge is -2.01. The van der Waals surface area contributed by atoms with Gasteiger partial charge in [-0.05, 0) is 71.1 Å². The van der Waals surface area contributed by atoms with Crippen LogP contribution < -0.4 is 0 Å². The van der Waals surface area contributed by atoms with Crippen molar-refractivity contribution < 1.29 is 0 Å². The Kier molecular flexibility index (Phi) is 4.96. The van der Waals surface area contributed by atoms with E-state index < -0.39 is 0 Å². The van der Waals surface area contributed by atoms with E-state index in [0.29, 0.717) is 0 Å². The van der Waals surface area contributed by atoms with E-state index in [9.17, 15) is 0 Å². The largest absolute Gasteiger partial charge is 0.195 e. The van der Waals surface area contributed by atoms with Crippen LogP contribution in [0.2, 0.25) is 0 Å². The molecule has 1 unspecified atom stereocenters. The second-order valence-corrected chi connectivity index (χ2v) is 5.69. The number of hydrogen-bond acceptors (Lipinski definition) is 2. The molecule has 3 aromatic carbocycles. The van der Waals surface area contributed by atoms with Crippen LogP contribution in [0, 0.1) is 11.8 Å². The van der Waals surface area contributed by atoms with Gasteiger partial charge in [-0.2, -0.15) is 4.99 Å². The third kappa shape index (κ3) is 3.92. The Bertz CT molecular complexity index is 958. The maximum atomic E-state index is 4.59. The third-order valence-electron chi connectivity index (χ3n) is 3.53. The zero-order chi connectivity index (χ0) is 16.1. The first-order valence-electron chi connectivity index (χ1n) is 7.21. The minimum absolute atomic E-state index is 0.793. The van der Waals surface area contributed by atoms with Gasteiger partial charge in [0, 0.05) is 11.1 Å². The highest BCUT2D eigenvalue weighted by Crippen LogP contribution is 2.19. The van der Waals surface area contributed by atoms with Crippen LogP contribution in [-0.4, -0.2) is 5.16 Å². The van der Waals surface area contributed by atoms with Gasteiger partial charge in [0.05, 0.1) is 10.8 Å². The SMILES string of the molecule is PCc1ccc2cc(C#Cc3ccc(N=C=S)cc3)ccc2c1. The molecule has 0 saturated carbocycles. The van der Waals surface area contributed by atoms with Crippen molar-refractivity contribution in [3.05, 3.63) is 77.4 Å². The summed E-state index contributed by atoms with van der Waals surface area (Å²) in [5.41, 5.74) is 4.07. The summed E-state index contributed by atoms with van der Waals surface area (Å²) in [4.78, 5) is 3.93. The first kappa shape index (κ1) is 15.6. The summed E-state index contributed by atoms with van der Waals surface area (Å²) in [5, 5.41) is 4.82. The van der Waals surface area contributed by atoms with Crippen molar-refractivity contribution in [2.75, 3.05) is 0 Å². The van der Waals surface area contributed by atoms with E-state index in [-0.39, 0.29) is 0 Å². The molecule has 110 valence electrons. The molecule has 1 nitrogen and oxygen atoms in total. The molecular weight excluding hydrogens is 317 g/mol. The van der Waals surface area contributed by atoms with Crippen molar-refractivity contribution in [1.29, 1.82) is 0 Å². The predicted molar refractivity (Wildman–Crippen MR) is 104 cm³/mol. The first-order chi connectivity index (χ1) is 11.3. The van der Waals surface area contributed by atoms with E-state index in [0.717, 1.165) is 23.0 Å². The van der Waals surface area contributed by atoms with Gasteiger partial charge in [-0.15, -0.1) is 9.24 Å². The minimum Gasteiger partial charge on any atom is -0.195 e. The summed E-state index contributed by atoms with van der Waals surface area (Å²) in [6, 6.07) is 20.5. The van der Waals surface area contributed by atoms with Gasteiger partial charge in [-0.25, -0.2) is 0 Å². The lowest BCUT2D eigenvalue weighted by Crippen LogP contribution is -1.81. The normalized spacial score (nSPS) is 9.78. The second-order valence-electron chi connectivity index (χ2n) is 5.10. The van der Waals surface area contributed by atoms with E-state index in [4.69, 9.17) is 0 Å². The van der Waals surface area contributed by atoms with Crippen LogP contribution in [0.3, 0.4) is 0 Å². The molecule has 0 spiro atoms. The van der Waals surface area contributed by atoms with Gasteiger partial charge in [0.2, 0.25) is 0 Å². The lowest BCUT2D eigenvalue weighted by molar-refractivity contribution is 1.44. The van der Waals surface area contributed by atoms with Crippen LogP contribution in [0.25, 0.3) is 10.8 Å². The fraction of sp³-hybridized carbons (Fsp3) is 0.0500. The summed E-state index contributed by atoms with van der Waals surface area (Å²) in [7, 11) is 2.75. The maximum Gasteiger partial charge on any atom is 0.0740 e. The van der Waals surface area contributed by atoms with Crippen LogP contribution in [0.5, 0.6) is 0 Å². The van der Waals surface area contributed by atoms with Crippen molar-refractivity contribution >= 4 is 43.1 Å². The monoisotopic (exact) mass is 331 g/mol. The van der Waals surface area contributed by atoms with E-state index in [1.807, 2.05) is 24.3 Å². The number of thiocarbonyl (C=S) groups is 1. The Balaban J connectivity index is 1.88. The Morgan fingerprint density at radius 3 is 2.22 bits per heavy atom. The quantitative estimate of drug-likeness (QED) is 0.267. The van der Waals surface area contributed by atoms with Crippen molar-refractivity contribution in [3.63, 3.8) is 0 Å². The van der Waals surface area contributed by atoms with E-state index in [2.05, 4.69) is 79.9 Å². The molecule has 0 saturated heterocycles. The fourth-order valence-corrected chi connectivity index (χ4v) is 2.68. The van der Waals surface area contributed by atoms with E-state index in [1.165, 1.54) is 16.3 Å². The molecule has 3 rings (SSSR count). The maximum absolute atomic E-state index is 4.59. The van der Waals surface area contributed by atoms with Gasteiger partial charge in [-0.3, -0.25) is 0 Å². The van der Waals surface area contributed by atoms with Gasteiger partial charge >= 0.3 is 0 Å². The lowest BCUT2D eigenvalue weighted by atomic mass is 10.0. The molecule has 0 aliphatic rings. The molecule has 0 bridgehead atoms. The van der Waals surface area contributed by atoms with Gasteiger partial charge in [0.25, 0.3) is 0 Å². The highest BCUT2D eigenvalue weighted by Gasteiger charge is 1.97. The zero-order valence-electron chi connectivity index (χ0n) is 12.4. The smallest absolute Gasteiger partial charge is 0.0740 e. The van der Waals surface area contributed by atoms with Gasteiger partial charge in [0.15, 0.2) is 0 Å². The molecule has 0 amide bonds. The van der Waals surface area contributed by atoms with Crippen molar-refractivity contribution in [1.82, 2.24) is 0 Å². The topological polar surface area (TPSA) is 12.4 Å². The first-order valence-corrected chi connectivity index (χ1v) is 8.44. The Hall–Kier alpha value is -2.29. The fourth-order valence-electron chi connectivity index (χ4n) is 2.32. The standard InChI is InChI=1S/C20H14NPS/c22-13-17-4-8-18-11-16(3-7-19(18)12-17)2-1-15-5-9-20(10-6-15)21-14-23/h3-12H,13,22H2. The Labute approximate surface area is 143 Å². The summed E-state index contributed by atoms with van der Waals surface area (Å²) in [6.45, 7) is 0. The molecule has 3 heteroatoms. The van der Waals surface area contributed by atoms with Crippen LogP contribution in [0.4, 0.5) is 5.69 Å². The molecule has 0 aromatic heterocycles. The van der Waals surface area contributed by atoms with Gasteiger partial charge < -0.3 is 0 Å². The van der Waals surface area contributed by atoms with Crippen LogP contribution >= 0.6 is 21.5 Å². The third-order valence-corrected chi connectivity index (χ3v) is 4.10. The summed E-state index contributed by atoms with van der Waals surface area (Å²) in [6.07, 6.45) is 0.973. The average molecular weight is 331 g/mol. The molecule has 0 radical (unpaired) electrons. The van der Waals surface area contributed by atoms with Crippen LogP contribution in [-0.2, 0) is 6.16 Å². The Morgan fingerprint density at radius 2 is 1.48 bits per heavy atom. The molecule has 3 aromatic rings. The van der Waals surface area contributed by atoms with Gasteiger partial charge in [0.1, 0.15) is 0 Å². The van der Waals surface area contributed by atoms with E-state index >= 15 is 0 Å².